The summed E-state index contributed by atoms with van der Waals surface area (Å²) < 4.78 is 13.2. The standard InChI is InChI=1S/C12H21N3O3S2/c1-4-5-10-13-14-12(19-8-11(16)17)15(10)9(2)6-7-20(3)18/h9H,4-8H2,1-3H3,(H,16,17). The van der Waals surface area contributed by atoms with Gasteiger partial charge in [-0.2, -0.15) is 0 Å². The molecular weight excluding hydrogens is 298 g/mol. The Morgan fingerprint density at radius 2 is 2.20 bits per heavy atom. The van der Waals surface area contributed by atoms with Crippen molar-refractivity contribution in [3.8, 4) is 0 Å². The number of thioether (sulfide) groups is 1. The van der Waals surface area contributed by atoms with Crippen LogP contribution in [-0.2, 0) is 22.0 Å². The van der Waals surface area contributed by atoms with E-state index in [4.69, 9.17) is 5.11 Å². The van der Waals surface area contributed by atoms with Gasteiger partial charge in [-0.05, 0) is 19.8 Å². The molecule has 2 unspecified atom stereocenters. The number of rotatable bonds is 9. The molecule has 0 saturated carbocycles. The molecule has 0 radical (unpaired) electrons. The Bertz CT molecular complexity index is 477. The van der Waals surface area contributed by atoms with E-state index in [9.17, 15) is 9.00 Å². The minimum Gasteiger partial charge on any atom is -0.481 e. The van der Waals surface area contributed by atoms with Crippen LogP contribution in [0.3, 0.4) is 0 Å². The lowest BCUT2D eigenvalue weighted by atomic mass is 10.2. The number of carboxylic acid groups (broad SMARTS) is 1. The molecule has 114 valence electrons. The number of aryl methyl sites for hydroxylation is 1. The van der Waals surface area contributed by atoms with E-state index in [2.05, 4.69) is 17.1 Å². The molecule has 0 bridgehead atoms. The maximum atomic E-state index is 11.2. The van der Waals surface area contributed by atoms with Gasteiger partial charge in [-0.1, -0.05) is 18.7 Å². The molecule has 0 aliphatic carbocycles. The van der Waals surface area contributed by atoms with Crippen LogP contribution in [0.1, 0.15) is 38.6 Å². The van der Waals surface area contributed by atoms with Gasteiger partial charge in [0.1, 0.15) is 5.82 Å². The van der Waals surface area contributed by atoms with Gasteiger partial charge in [-0.25, -0.2) is 0 Å². The predicted octanol–water partition coefficient (Wildman–Crippen LogP) is 1.74. The summed E-state index contributed by atoms with van der Waals surface area (Å²) in [7, 11) is -0.831. The molecule has 20 heavy (non-hydrogen) atoms. The topological polar surface area (TPSA) is 85.1 Å². The van der Waals surface area contributed by atoms with Crippen LogP contribution in [0.15, 0.2) is 5.16 Å². The van der Waals surface area contributed by atoms with Gasteiger partial charge in [-0.15, -0.1) is 10.2 Å². The quantitative estimate of drug-likeness (QED) is 0.698. The van der Waals surface area contributed by atoms with Crippen LogP contribution in [-0.4, -0.2) is 47.8 Å². The van der Waals surface area contributed by atoms with Crippen molar-refractivity contribution in [3.05, 3.63) is 5.82 Å². The fourth-order valence-electron chi connectivity index (χ4n) is 1.83. The normalized spacial score (nSPS) is 14.2. The summed E-state index contributed by atoms with van der Waals surface area (Å²) >= 11 is 1.18. The average Bonchev–Trinajstić information content (AvgIpc) is 2.77. The van der Waals surface area contributed by atoms with E-state index >= 15 is 0 Å². The van der Waals surface area contributed by atoms with Crippen LogP contribution >= 0.6 is 11.8 Å². The van der Waals surface area contributed by atoms with E-state index in [0.717, 1.165) is 25.1 Å². The monoisotopic (exact) mass is 319 g/mol. The summed E-state index contributed by atoms with van der Waals surface area (Å²) in [6.07, 6.45) is 4.21. The van der Waals surface area contributed by atoms with E-state index < -0.39 is 16.8 Å². The second kappa shape index (κ2) is 8.41. The van der Waals surface area contributed by atoms with Crippen LogP contribution < -0.4 is 0 Å². The number of carbonyl (C=O) groups is 1. The van der Waals surface area contributed by atoms with E-state index in [1.807, 2.05) is 11.5 Å². The molecule has 0 fully saturated rings. The first-order valence-corrected chi connectivity index (χ1v) is 9.25. The van der Waals surface area contributed by atoms with Crippen LogP contribution in [0.4, 0.5) is 0 Å². The second-order valence-corrected chi connectivity index (χ2v) is 7.11. The minimum atomic E-state index is -0.871. The highest BCUT2D eigenvalue weighted by Crippen LogP contribution is 2.24. The van der Waals surface area contributed by atoms with Crippen molar-refractivity contribution in [2.75, 3.05) is 17.8 Å². The Kier molecular flexibility index (Phi) is 7.22. The van der Waals surface area contributed by atoms with Crippen LogP contribution in [0, 0.1) is 0 Å². The predicted molar refractivity (Wildman–Crippen MR) is 80.6 cm³/mol. The summed E-state index contributed by atoms with van der Waals surface area (Å²) in [5, 5.41) is 17.6. The molecule has 1 rings (SSSR count). The van der Waals surface area contributed by atoms with Gasteiger partial charge in [0.15, 0.2) is 5.16 Å². The van der Waals surface area contributed by atoms with Gasteiger partial charge in [0.2, 0.25) is 0 Å². The van der Waals surface area contributed by atoms with Crippen LogP contribution in [0.25, 0.3) is 0 Å². The van der Waals surface area contributed by atoms with Gasteiger partial charge < -0.3 is 9.67 Å². The number of hydrogen-bond acceptors (Lipinski definition) is 5. The first-order chi connectivity index (χ1) is 9.45. The lowest BCUT2D eigenvalue weighted by Crippen LogP contribution is -2.14. The molecule has 0 spiro atoms. The molecule has 1 aromatic heterocycles. The zero-order chi connectivity index (χ0) is 15.1. The Balaban J connectivity index is 2.88. The smallest absolute Gasteiger partial charge is 0.313 e. The summed E-state index contributed by atoms with van der Waals surface area (Å²) in [4.78, 5) is 10.7. The van der Waals surface area contributed by atoms with Crippen LogP contribution in [0.2, 0.25) is 0 Å². The number of carboxylic acids is 1. The maximum Gasteiger partial charge on any atom is 0.313 e. The number of hydrogen-bond donors (Lipinski definition) is 1. The molecule has 0 amide bonds. The summed E-state index contributed by atoms with van der Waals surface area (Å²) in [6.45, 7) is 4.09. The lowest BCUT2D eigenvalue weighted by molar-refractivity contribution is -0.133. The van der Waals surface area contributed by atoms with Gasteiger partial charge in [0.25, 0.3) is 0 Å². The van der Waals surface area contributed by atoms with Crippen molar-refractivity contribution in [2.24, 2.45) is 0 Å². The highest BCUT2D eigenvalue weighted by molar-refractivity contribution is 7.99. The molecular formula is C12H21N3O3S2. The Labute approximate surface area is 125 Å². The maximum absolute atomic E-state index is 11.2. The second-order valence-electron chi connectivity index (χ2n) is 4.62. The molecule has 1 N–H and O–H groups in total. The molecule has 2 atom stereocenters. The molecule has 6 nitrogen and oxygen atoms in total. The number of nitrogens with zero attached hydrogens (tertiary/aromatic N) is 3. The molecule has 0 aromatic carbocycles. The summed E-state index contributed by atoms with van der Waals surface area (Å²) in [6, 6.07) is 0.117. The van der Waals surface area contributed by atoms with Crippen molar-refractivity contribution in [1.82, 2.24) is 14.8 Å². The van der Waals surface area contributed by atoms with Crippen molar-refractivity contribution in [1.29, 1.82) is 0 Å². The van der Waals surface area contributed by atoms with Crippen molar-refractivity contribution < 1.29 is 14.1 Å². The number of aliphatic carboxylic acids is 1. The van der Waals surface area contributed by atoms with Gasteiger partial charge >= 0.3 is 5.97 Å². The van der Waals surface area contributed by atoms with Crippen molar-refractivity contribution in [3.63, 3.8) is 0 Å². The molecule has 1 heterocycles. The Hall–Kier alpha value is -0.890. The van der Waals surface area contributed by atoms with Crippen molar-refractivity contribution >= 4 is 28.5 Å². The van der Waals surface area contributed by atoms with E-state index in [1.54, 1.807) is 6.26 Å². The lowest BCUT2D eigenvalue weighted by Gasteiger charge is -2.17. The summed E-state index contributed by atoms with van der Waals surface area (Å²) in [5.41, 5.74) is 0. The Morgan fingerprint density at radius 1 is 1.50 bits per heavy atom. The third-order valence-electron chi connectivity index (χ3n) is 2.80. The third-order valence-corrected chi connectivity index (χ3v) is 4.54. The molecule has 1 aromatic rings. The van der Waals surface area contributed by atoms with Crippen molar-refractivity contribution in [2.45, 2.75) is 44.3 Å². The largest absolute Gasteiger partial charge is 0.481 e. The molecule has 0 saturated heterocycles. The number of aromatic nitrogens is 3. The van der Waals surface area contributed by atoms with Gasteiger partial charge in [0.05, 0.1) is 5.75 Å². The molecule has 8 heteroatoms. The highest BCUT2D eigenvalue weighted by atomic mass is 32.2. The van der Waals surface area contributed by atoms with E-state index in [0.29, 0.717) is 10.9 Å². The molecule has 0 aliphatic heterocycles. The van der Waals surface area contributed by atoms with Crippen LogP contribution in [0.5, 0.6) is 0 Å². The van der Waals surface area contributed by atoms with E-state index in [-0.39, 0.29) is 11.8 Å². The summed E-state index contributed by atoms with van der Waals surface area (Å²) in [5.74, 6) is 0.587. The Morgan fingerprint density at radius 3 is 2.75 bits per heavy atom. The minimum absolute atomic E-state index is 0.0311. The molecule has 0 aliphatic rings. The van der Waals surface area contributed by atoms with E-state index in [1.165, 1.54) is 11.8 Å². The fraction of sp³-hybridized carbons (Fsp3) is 0.750. The first kappa shape index (κ1) is 17.2. The highest BCUT2D eigenvalue weighted by Gasteiger charge is 2.18. The zero-order valence-corrected chi connectivity index (χ0v) is 13.7. The van der Waals surface area contributed by atoms with Gasteiger partial charge in [-0.3, -0.25) is 9.00 Å². The third kappa shape index (κ3) is 5.24. The average molecular weight is 319 g/mol. The zero-order valence-electron chi connectivity index (χ0n) is 12.0. The first-order valence-electron chi connectivity index (χ1n) is 6.54. The van der Waals surface area contributed by atoms with Gasteiger partial charge in [0, 0.05) is 35.3 Å². The fourth-order valence-corrected chi connectivity index (χ4v) is 3.28. The SMILES string of the molecule is CCCc1nnc(SCC(=O)O)n1C(C)CCS(C)=O.